The van der Waals surface area contributed by atoms with Gasteiger partial charge in [-0.2, -0.15) is 0 Å². The van der Waals surface area contributed by atoms with E-state index >= 15 is 0 Å². The summed E-state index contributed by atoms with van der Waals surface area (Å²) in [6.07, 6.45) is 0. The van der Waals surface area contributed by atoms with Gasteiger partial charge in [-0.25, -0.2) is 0 Å². The number of nitrogens with zero attached hydrogens (tertiary/aromatic N) is 1. The zero-order valence-electron chi connectivity index (χ0n) is 13.6. The fraction of sp³-hybridized carbons (Fsp3) is 0.222. The lowest BCUT2D eigenvalue weighted by Crippen LogP contribution is -2.11. The van der Waals surface area contributed by atoms with Crippen LogP contribution in [0.1, 0.15) is 32.3 Å². The molecule has 0 aliphatic heterocycles. The average Bonchev–Trinajstić information content (AvgIpc) is 3.09. The lowest BCUT2D eigenvalue weighted by Gasteiger charge is -2.08. The first-order valence-corrected chi connectivity index (χ1v) is 8.19. The maximum atomic E-state index is 12.5. The maximum absolute atomic E-state index is 12.5. The molecule has 3 aromatic rings. The van der Waals surface area contributed by atoms with Crippen molar-refractivity contribution in [1.29, 1.82) is 0 Å². The Kier molecular flexibility index (Phi) is 4.05. The molecule has 0 fully saturated rings. The molecule has 0 atom stereocenters. The summed E-state index contributed by atoms with van der Waals surface area (Å²) >= 11 is 1.44. The molecule has 1 aromatic carbocycles. The van der Waals surface area contributed by atoms with Crippen molar-refractivity contribution in [2.75, 3.05) is 5.32 Å². The van der Waals surface area contributed by atoms with Crippen molar-refractivity contribution >= 4 is 22.9 Å². The van der Waals surface area contributed by atoms with Crippen LogP contribution in [0.5, 0.6) is 0 Å². The van der Waals surface area contributed by atoms with E-state index in [-0.39, 0.29) is 5.91 Å². The van der Waals surface area contributed by atoms with Crippen molar-refractivity contribution < 1.29 is 9.32 Å². The van der Waals surface area contributed by atoms with Gasteiger partial charge in [-0.3, -0.25) is 4.79 Å². The van der Waals surface area contributed by atoms with Crippen molar-refractivity contribution in [3.8, 4) is 10.4 Å². The number of nitrogens with one attached hydrogen (secondary N) is 1. The van der Waals surface area contributed by atoms with Gasteiger partial charge in [0.25, 0.3) is 5.91 Å². The van der Waals surface area contributed by atoms with E-state index in [2.05, 4.69) is 16.5 Å². The molecule has 0 radical (unpaired) electrons. The zero-order chi connectivity index (χ0) is 16.6. The molecule has 23 heavy (non-hydrogen) atoms. The molecule has 2 heterocycles. The smallest absolute Gasteiger partial charge is 0.265 e. The number of rotatable bonds is 3. The molecule has 0 bridgehead atoms. The van der Waals surface area contributed by atoms with E-state index in [9.17, 15) is 4.79 Å². The summed E-state index contributed by atoms with van der Waals surface area (Å²) in [6.45, 7) is 7.81. The minimum absolute atomic E-state index is 0.0973. The van der Waals surface area contributed by atoms with Crippen LogP contribution >= 0.6 is 11.3 Å². The molecule has 0 unspecified atom stereocenters. The topological polar surface area (TPSA) is 55.1 Å². The van der Waals surface area contributed by atoms with Crippen LogP contribution in [0, 0.1) is 27.7 Å². The number of hydrogen-bond donors (Lipinski definition) is 1. The lowest BCUT2D eigenvalue weighted by molar-refractivity contribution is 0.103. The summed E-state index contributed by atoms with van der Waals surface area (Å²) in [5.41, 5.74) is 4.89. The first-order chi connectivity index (χ1) is 11.0. The number of aryl methyl sites for hydroxylation is 4. The highest BCUT2D eigenvalue weighted by atomic mass is 32.1. The summed E-state index contributed by atoms with van der Waals surface area (Å²) in [6, 6.07) is 9.76. The fourth-order valence-electron chi connectivity index (χ4n) is 2.57. The predicted octanol–water partition coefficient (Wildman–Crippen LogP) is 4.89. The van der Waals surface area contributed by atoms with E-state index in [4.69, 9.17) is 4.52 Å². The number of amides is 1. The second-order valence-corrected chi connectivity index (χ2v) is 6.72. The Morgan fingerprint density at radius 1 is 1.13 bits per heavy atom. The van der Waals surface area contributed by atoms with E-state index in [1.165, 1.54) is 16.9 Å². The first kappa shape index (κ1) is 15.5. The molecule has 2 aromatic heterocycles. The van der Waals surface area contributed by atoms with Crippen LogP contribution in [0.2, 0.25) is 0 Å². The van der Waals surface area contributed by atoms with Gasteiger partial charge >= 0.3 is 0 Å². The molecular weight excluding hydrogens is 308 g/mol. The molecule has 0 spiro atoms. The van der Waals surface area contributed by atoms with Crippen LogP contribution in [-0.4, -0.2) is 11.1 Å². The van der Waals surface area contributed by atoms with Gasteiger partial charge < -0.3 is 9.84 Å². The van der Waals surface area contributed by atoms with E-state index < -0.39 is 0 Å². The summed E-state index contributed by atoms with van der Waals surface area (Å²) in [7, 11) is 0. The van der Waals surface area contributed by atoms with Gasteiger partial charge in [-0.15, -0.1) is 11.3 Å². The molecule has 0 aliphatic rings. The summed E-state index contributed by atoms with van der Waals surface area (Å²) in [5, 5.41) is 6.94. The Morgan fingerprint density at radius 2 is 1.91 bits per heavy atom. The monoisotopic (exact) mass is 326 g/mol. The molecule has 1 N–H and O–H groups in total. The largest absolute Gasteiger partial charge is 0.361 e. The Balaban J connectivity index is 1.84. The third-order valence-electron chi connectivity index (χ3n) is 3.74. The van der Waals surface area contributed by atoms with Gasteiger partial charge in [-0.1, -0.05) is 22.9 Å². The Hall–Kier alpha value is -2.40. The number of benzene rings is 1. The second-order valence-electron chi connectivity index (χ2n) is 5.64. The van der Waals surface area contributed by atoms with Crippen LogP contribution < -0.4 is 5.32 Å². The van der Waals surface area contributed by atoms with E-state index in [0.717, 1.165) is 33.1 Å². The first-order valence-electron chi connectivity index (χ1n) is 7.37. The highest BCUT2D eigenvalue weighted by Crippen LogP contribution is 2.33. The van der Waals surface area contributed by atoms with Crippen LogP contribution in [0.4, 0.5) is 5.69 Å². The Labute approximate surface area is 139 Å². The third kappa shape index (κ3) is 3.05. The number of thiophene rings is 1. The summed E-state index contributed by atoms with van der Waals surface area (Å²) in [4.78, 5) is 14.1. The third-order valence-corrected chi connectivity index (χ3v) is 4.84. The molecule has 1 amide bonds. The molecular formula is C18H18N2O2S. The van der Waals surface area contributed by atoms with Gasteiger partial charge in [0.2, 0.25) is 0 Å². The van der Waals surface area contributed by atoms with Crippen molar-refractivity contribution in [2.45, 2.75) is 27.7 Å². The van der Waals surface area contributed by atoms with Crippen molar-refractivity contribution in [3.63, 3.8) is 0 Å². The number of carbonyl (C=O) groups is 1. The zero-order valence-corrected chi connectivity index (χ0v) is 14.4. The van der Waals surface area contributed by atoms with Crippen molar-refractivity contribution in [1.82, 2.24) is 5.16 Å². The molecule has 118 valence electrons. The Bertz CT molecular complexity index is 858. The quantitative estimate of drug-likeness (QED) is 0.745. The number of anilines is 1. The van der Waals surface area contributed by atoms with Crippen molar-refractivity contribution in [2.24, 2.45) is 0 Å². The Morgan fingerprint density at radius 3 is 2.57 bits per heavy atom. The average molecular weight is 326 g/mol. The summed E-state index contributed by atoms with van der Waals surface area (Å²) in [5.74, 6) is 0.672. The number of carbonyl (C=O) groups excluding carboxylic acids is 1. The van der Waals surface area contributed by atoms with Gasteiger partial charge in [-0.05, 0) is 51.5 Å². The van der Waals surface area contributed by atoms with Crippen LogP contribution in [0.15, 0.2) is 34.9 Å². The predicted molar refractivity (Wildman–Crippen MR) is 93.2 cm³/mol. The highest BCUT2D eigenvalue weighted by Gasteiger charge is 2.16. The van der Waals surface area contributed by atoms with E-state index in [1.54, 1.807) is 0 Å². The minimum atomic E-state index is -0.0973. The van der Waals surface area contributed by atoms with Crippen LogP contribution in [-0.2, 0) is 0 Å². The molecule has 4 nitrogen and oxygen atoms in total. The molecule has 5 heteroatoms. The molecule has 0 saturated heterocycles. The molecule has 0 aliphatic carbocycles. The maximum Gasteiger partial charge on any atom is 0.265 e. The van der Waals surface area contributed by atoms with Gasteiger partial charge in [0.1, 0.15) is 5.76 Å². The molecule has 0 saturated carbocycles. The fourth-order valence-corrected chi connectivity index (χ4v) is 3.61. The van der Waals surface area contributed by atoms with Gasteiger partial charge in [0, 0.05) is 10.6 Å². The van der Waals surface area contributed by atoms with Crippen molar-refractivity contribution in [3.05, 3.63) is 57.8 Å². The molecule has 3 rings (SSSR count). The van der Waals surface area contributed by atoms with Crippen LogP contribution in [0.3, 0.4) is 0 Å². The van der Waals surface area contributed by atoms with Crippen LogP contribution in [0.25, 0.3) is 10.4 Å². The number of aromatic nitrogens is 1. The summed E-state index contributed by atoms with van der Waals surface area (Å²) < 4.78 is 5.20. The lowest BCUT2D eigenvalue weighted by atomic mass is 10.1. The second kappa shape index (κ2) is 6.01. The van der Waals surface area contributed by atoms with Gasteiger partial charge in [0.15, 0.2) is 0 Å². The van der Waals surface area contributed by atoms with E-state index in [1.807, 2.05) is 52.0 Å². The van der Waals surface area contributed by atoms with Gasteiger partial charge in [0.05, 0.1) is 16.1 Å². The highest BCUT2D eigenvalue weighted by molar-refractivity contribution is 7.17. The number of hydrogen-bond acceptors (Lipinski definition) is 4. The minimum Gasteiger partial charge on any atom is -0.361 e. The standard InChI is InChI=1S/C18H18N2O2S/c1-10-5-6-14(11(2)9-10)19-18(21)16-8-7-15(23-16)17-12(3)20-22-13(17)4/h5-9H,1-4H3,(H,19,21). The van der Waals surface area contributed by atoms with E-state index in [0.29, 0.717) is 4.88 Å². The SMILES string of the molecule is Cc1ccc(NC(=O)c2ccc(-c3c(C)noc3C)s2)c(C)c1. The normalized spacial score (nSPS) is 10.8.